The molecule has 0 aliphatic carbocycles. The number of esters is 1. The SMILES string of the molecule is COC(=O)c1c(Br)c(CN(C)C(=O)OC(C)(C)C)nn1C. The number of carbonyl (C=O) groups is 2. The van der Waals surface area contributed by atoms with Crippen LogP contribution in [0.25, 0.3) is 0 Å². The predicted octanol–water partition coefficient (Wildman–Crippen LogP) is 2.34. The number of aryl methyl sites for hydroxylation is 1. The van der Waals surface area contributed by atoms with Crippen molar-refractivity contribution >= 4 is 28.0 Å². The van der Waals surface area contributed by atoms with Gasteiger partial charge in [-0.2, -0.15) is 5.10 Å². The van der Waals surface area contributed by atoms with Gasteiger partial charge in [-0.3, -0.25) is 4.68 Å². The maximum Gasteiger partial charge on any atom is 0.410 e. The number of hydrogen-bond donors (Lipinski definition) is 0. The van der Waals surface area contributed by atoms with Crippen LogP contribution in [0, 0.1) is 0 Å². The molecule has 1 heterocycles. The van der Waals surface area contributed by atoms with Crippen LogP contribution in [0.15, 0.2) is 4.47 Å². The number of methoxy groups -OCH3 is 1. The summed E-state index contributed by atoms with van der Waals surface area (Å²) in [4.78, 5) is 25.0. The molecule has 0 saturated carbocycles. The minimum atomic E-state index is -0.566. The zero-order chi connectivity index (χ0) is 16.4. The van der Waals surface area contributed by atoms with Gasteiger partial charge in [0.1, 0.15) is 5.60 Å². The summed E-state index contributed by atoms with van der Waals surface area (Å²) in [6.45, 7) is 5.60. The Labute approximate surface area is 132 Å². The molecular formula is C13H20BrN3O4. The smallest absolute Gasteiger partial charge is 0.410 e. The van der Waals surface area contributed by atoms with Gasteiger partial charge in [0.05, 0.1) is 23.8 Å². The van der Waals surface area contributed by atoms with Crippen LogP contribution < -0.4 is 0 Å². The van der Waals surface area contributed by atoms with E-state index >= 15 is 0 Å². The third-order valence-corrected chi connectivity index (χ3v) is 3.36. The van der Waals surface area contributed by atoms with Gasteiger partial charge < -0.3 is 14.4 Å². The maximum atomic E-state index is 11.9. The molecule has 0 spiro atoms. The van der Waals surface area contributed by atoms with Gasteiger partial charge in [0.2, 0.25) is 0 Å². The molecule has 7 nitrogen and oxygen atoms in total. The van der Waals surface area contributed by atoms with Crippen LogP contribution in [0.4, 0.5) is 4.79 Å². The molecule has 0 unspecified atom stereocenters. The van der Waals surface area contributed by atoms with Crippen molar-refractivity contribution in [1.82, 2.24) is 14.7 Å². The summed E-state index contributed by atoms with van der Waals surface area (Å²) in [5.74, 6) is -0.497. The lowest BCUT2D eigenvalue weighted by molar-refractivity contribution is 0.0282. The Balaban J connectivity index is 2.89. The average molecular weight is 362 g/mol. The third-order valence-electron chi connectivity index (χ3n) is 2.53. The van der Waals surface area contributed by atoms with Gasteiger partial charge >= 0.3 is 12.1 Å². The van der Waals surface area contributed by atoms with E-state index < -0.39 is 17.7 Å². The molecule has 0 N–H and O–H groups in total. The quantitative estimate of drug-likeness (QED) is 0.772. The molecule has 0 saturated heterocycles. The second kappa shape index (κ2) is 6.46. The molecule has 1 amide bonds. The van der Waals surface area contributed by atoms with E-state index in [4.69, 9.17) is 9.47 Å². The summed E-state index contributed by atoms with van der Waals surface area (Å²) < 4.78 is 11.9. The molecule has 118 valence electrons. The third kappa shape index (κ3) is 4.45. The molecule has 0 fully saturated rings. The van der Waals surface area contributed by atoms with Gasteiger partial charge in [0.15, 0.2) is 5.69 Å². The Morgan fingerprint density at radius 3 is 2.43 bits per heavy atom. The molecule has 0 aliphatic rings. The average Bonchev–Trinajstić information content (AvgIpc) is 2.61. The van der Waals surface area contributed by atoms with Gasteiger partial charge in [0, 0.05) is 14.1 Å². The summed E-state index contributed by atoms with van der Waals surface area (Å²) in [5, 5.41) is 4.22. The van der Waals surface area contributed by atoms with Crippen LogP contribution in [0.3, 0.4) is 0 Å². The van der Waals surface area contributed by atoms with Crippen molar-refractivity contribution in [1.29, 1.82) is 0 Å². The molecule has 21 heavy (non-hydrogen) atoms. The van der Waals surface area contributed by atoms with Crippen LogP contribution in [-0.4, -0.2) is 46.5 Å². The molecule has 0 aromatic carbocycles. The fourth-order valence-electron chi connectivity index (χ4n) is 1.60. The molecule has 0 aliphatic heterocycles. The molecule has 8 heteroatoms. The Morgan fingerprint density at radius 1 is 1.38 bits per heavy atom. The molecule has 1 rings (SSSR count). The van der Waals surface area contributed by atoms with Crippen molar-refractivity contribution in [2.45, 2.75) is 32.9 Å². The number of nitrogens with zero attached hydrogens (tertiary/aromatic N) is 3. The highest BCUT2D eigenvalue weighted by molar-refractivity contribution is 9.10. The van der Waals surface area contributed by atoms with Crippen molar-refractivity contribution in [3.63, 3.8) is 0 Å². The fraction of sp³-hybridized carbons (Fsp3) is 0.615. The maximum absolute atomic E-state index is 11.9. The highest BCUT2D eigenvalue weighted by Crippen LogP contribution is 2.23. The predicted molar refractivity (Wildman–Crippen MR) is 79.9 cm³/mol. The van der Waals surface area contributed by atoms with E-state index in [1.807, 2.05) is 0 Å². The molecule has 0 atom stereocenters. The Morgan fingerprint density at radius 2 is 1.95 bits per heavy atom. The van der Waals surface area contributed by atoms with E-state index in [9.17, 15) is 9.59 Å². The van der Waals surface area contributed by atoms with E-state index in [0.717, 1.165) is 0 Å². The molecule has 0 bridgehead atoms. The summed E-state index contributed by atoms with van der Waals surface area (Å²) in [6.07, 6.45) is -0.459. The van der Waals surface area contributed by atoms with Crippen molar-refractivity contribution in [2.75, 3.05) is 14.2 Å². The van der Waals surface area contributed by atoms with Gasteiger partial charge in [0.25, 0.3) is 0 Å². The van der Waals surface area contributed by atoms with Gasteiger partial charge in [-0.25, -0.2) is 9.59 Å². The van der Waals surface area contributed by atoms with Gasteiger partial charge in [-0.1, -0.05) is 0 Å². The topological polar surface area (TPSA) is 73.7 Å². The number of aromatic nitrogens is 2. The van der Waals surface area contributed by atoms with Crippen LogP contribution in [-0.2, 0) is 23.1 Å². The van der Waals surface area contributed by atoms with Crippen LogP contribution in [0.5, 0.6) is 0 Å². The largest absolute Gasteiger partial charge is 0.464 e. The van der Waals surface area contributed by atoms with Crippen LogP contribution in [0.1, 0.15) is 37.0 Å². The van der Waals surface area contributed by atoms with E-state index in [0.29, 0.717) is 15.9 Å². The Bertz CT molecular complexity index is 548. The normalized spacial score (nSPS) is 11.2. The number of hydrogen-bond acceptors (Lipinski definition) is 5. The van der Waals surface area contributed by atoms with Gasteiger partial charge in [-0.15, -0.1) is 0 Å². The first-order chi connectivity index (χ1) is 9.56. The molecule has 1 aromatic rings. The monoisotopic (exact) mass is 361 g/mol. The van der Waals surface area contributed by atoms with Crippen molar-refractivity contribution in [2.24, 2.45) is 7.05 Å². The van der Waals surface area contributed by atoms with Crippen molar-refractivity contribution in [3.8, 4) is 0 Å². The summed E-state index contributed by atoms with van der Waals surface area (Å²) in [5.41, 5.74) is 0.278. The zero-order valence-electron chi connectivity index (χ0n) is 13.1. The second-order valence-electron chi connectivity index (χ2n) is 5.56. The van der Waals surface area contributed by atoms with E-state index in [2.05, 4.69) is 21.0 Å². The van der Waals surface area contributed by atoms with Crippen molar-refractivity contribution in [3.05, 3.63) is 15.9 Å². The Kier molecular flexibility index (Phi) is 5.38. The van der Waals surface area contributed by atoms with E-state index in [-0.39, 0.29) is 6.54 Å². The van der Waals surface area contributed by atoms with E-state index in [1.165, 1.54) is 16.7 Å². The summed E-state index contributed by atoms with van der Waals surface area (Å²) >= 11 is 3.32. The second-order valence-corrected chi connectivity index (χ2v) is 6.35. The molecule has 0 radical (unpaired) electrons. The number of ether oxygens (including phenoxy) is 2. The van der Waals surface area contributed by atoms with Gasteiger partial charge in [-0.05, 0) is 36.7 Å². The standard InChI is InChI=1S/C13H20BrN3O4/c1-13(2,3)21-12(19)16(4)7-8-9(14)10(11(18)20-6)17(5)15-8/h7H2,1-6H3. The van der Waals surface area contributed by atoms with E-state index in [1.54, 1.807) is 34.9 Å². The lowest BCUT2D eigenvalue weighted by Gasteiger charge is -2.24. The highest BCUT2D eigenvalue weighted by Gasteiger charge is 2.24. The molecular weight excluding hydrogens is 342 g/mol. The number of carbonyl (C=O) groups excluding carboxylic acids is 2. The first-order valence-electron chi connectivity index (χ1n) is 6.30. The summed E-state index contributed by atoms with van der Waals surface area (Å²) in [7, 11) is 4.54. The number of rotatable bonds is 3. The minimum Gasteiger partial charge on any atom is -0.464 e. The Hall–Kier alpha value is -1.57. The van der Waals surface area contributed by atoms with Crippen LogP contribution in [0.2, 0.25) is 0 Å². The fourth-order valence-corrected chi connectivity index (χ4v) is 2.23. The highest BCUT2D eigenvalue weighted by atomic mass is 79.9. The number of halogens is 1. The molecule has 1 aromatic heterocycles. The zero-order valence-corrected chi connectivity index (χ0v) is 14.6. The minimum absolute atomic E-state index is 0.209. The lowest BCUT2D eigenvalue weighted by Crippen LogP contribution is -2.34. The van der Waals surface area contributed by atoms with Crippen molar-refractivity contribution < 1.29 is 19.1 Å². The first kappa shape index (κ1) is 17.5. The summed E-state index contributed by atoms with van der Waals surface area (Å²) in [6, 6.07) is 0. The number of amides is 1. The lowest BCUT2D eigenvalue weighted by atomic mass is 10.2. The van der Waals surface area contributed by atoms with Crippen LogP contribution >= 0.6 is 15.9 Å². The first-order valence-corrected chi connectivity index (χ1v) is 7.10.